The first-order valence-electron chi connectivity index (χ1n) is 7.12. The van der Waals surface area contributed by atoms with E-state index in [1.165, 1.54) is 36.3 Å². The Kier molecular flexibility index (Phi) is 3.18. The number of nitrogens with zero attached hydrogens (tertiary/aromatic N) is 2. The van der Waals surface area contributed by atoms with E-state index in [1.54, 1.807) is 11.3 Å². The quantitative estimate of drug-likeness (QED) is 0.927. The normalized spacial score (nSPS) is 22.4. The zero-order valence-corrected chi connectivity index (χ0v) is 13.1. The van der Waals surface area contributed by atoms with E-state index in [0.717, 1.165) is 11.5 Å². The van der Waals surface area contributed by atoms with Crippen LogP contribution < -0.4 is 5.32 Å². The predicted octanol–water partition coefficient (Wildman–Crippen LogP) is 3.68. The molecule has 0 bridgehead atoms. The van der Waals surface area contributed by atoms with Crippen molar-refractivity contribution in [1.29, 1.82) is 0 Å². The number of hydrogen-bond acceptors (Lipinski definition) is 3. The lowest BCUT2D eigenvalue weighted by Gasteiger charge is -2.18. The van der Waals surface area contributed by atoms with Gasteiger partial charge in [-0.3, -0.25) is 4.40 Å². The van der Waals surface area contributed by atoms with Gasteiger partial charge in [0, 0.05) is 23.7 Å². The molecule has 1 unspecified atom stereocenters. The number of fused-ring (bicyclic) bond motifs is 1. The zero-order chi connectivity index (χ0) is 13.6. The van der Waals surface area contributed by atoms with Gasteiger partial charge in [-0.05, 0) is 38.5 Å². The van der Waals surface area contributed by atoms with Gasteiger partial charge >= 0.3 is 0 Å². The summed E-state index contributed by atoms with van der Waals surface area (Å²) in [5.41, 5.74) is 4.31. The van der Waals surface area contributed by atoms with E-state index in [0.29, 0.717) is 11.5 Å². The van der Waals surface area contributed by atoms with Crippen LogP contribution in [0.3, 0.4) is 0 Å². The van der Waals surface area contributed by atoms with Crippen LogP contribution in [0.1, 0.15) is 50.2 Å². The minimum atomic E-state index is 0.512. The third-order valence-electron chi connectivity index (χ3n) is 4.36. The molecule has 0 amide bonds. The zero-order valence-electron chi connectivity index (χ0n) is 12.3. The van der Waals surface area contributed by atoms with Crippen molar-refractivity contribution in [2.75, 3.05) is 0 Å². The van der Waals surface area contributed by atoms with Gasteiger partial charge in [-0.15, -0.1) is 11.3 Å². The number of rotatable bonds is 3. The highest BCUT2D eigenvalue weighted by Crippen LogP contribution is 2.37. The molecule has 4 heteroatoms. The van der Waals surface area contributed by atoms with Gasteiger partial charge in [-0.1, -0.05) is 13.8 Å². The topological polar surface area (TPSA) is 29.3 Å². The van der Waals surface area contributed by atoms with E-state index >= 15 is 0 Å². The van der Waals surface area contributed by atoms with Crippen LogP contribution in [0.2, 0.25) is 0 Å². The molecule has 104 valence electrons. The van der Waals surface area contributed by atoms with Crippen LogP contribution in [0.5, 0.6) is 0 Å². The third kappa shape index (κ3) is 2.43. The molecule has 3 rings (SSSR count). The second kappa shape index (κ2) is 4.60. The first-order chi connectivity index (χ1) is 8.96. The fourth-order valence-corrected chi connectivity index (χ4v) is 4.16. The predicted molar refractivity (Wildman–Crippen MR) is 80.8 cm³/mol. The number of aromatic nitrogens is 2. The minimum absolute atomic E-state index is 0.512. The Morgan fingerprint density at radius 3 is 2.95 bits per heavy atom. The maximum absolute atomic E-state index is 4.65. The highest BCUT2D eigenvalue weighted by Gasteiger charge is 2.30. The Hall–Kier alpha value is -0.870. The third-order valence-corrected chi connectivity index (χ3v) is 5.30. The Labute approximate surface area is 119 Å². The number of aryl methyl sites for hydroxylation is 2. The SMILES string of the molecule is Cc1nc2scc(C)n2c1CNC1CCC(C)(C)C1. The smallest absolute Gasteiger partial charge is 0.194 e. The van der Waals surface area contributed by atoms with Gasteiger partial charge in [0.05, 0.1) is 11.4 Å². The molecular formula is C15H23N3S. The average molecular weight is 277 g/mol. The molecule has 19 heavy (non-hydrogen) atoms. The molecule has 0 aromatic carbocycles. The van der Waals surface area contributed by atoms with Crippen LogP contribution in [-0.2, 0) is 6.54 Å². The van der Waals surface area contributed by atoms with Crippen molar-refractivity contribution in [3.8, 4) is 0 Å². The van der Waals surface area contributed by atoms with Crippen LogP contribution >= 0.6 is 11.3 Å². The number of thiazole rings is 1. The Morgan fingerprint density at radius 2 is 2.26 bits per heavy atom. The summed E-state index contributed by atoms with van der Waals surface area (Å²) in [6, 6.07) is 0.666. The van der Waals surface area contributed by atoms with Crippen molar-refractivity contribution in [2.45, 2.75) is 59.5 Å². The van der Waals surface area contributed by atoms with Crippen molar-refractivity contribution in [3.63, 3.8) is 0 Å². The molecule has 2 aromatic heterocycles. The maximum Gasteiger partial charge on any atom is 0.194 e. The summed E-state index contributed by atoms with van der Waals surface area (Å²) in [4.78, 5) is 5.77. The lowest BCUT2D eigenvalue weighted by molar-refractivity contribution is 0.363. The summed E-state index contributed by atoms with van der Waals surface area (Å²) in [6.07, 6.45) is 3.93. The molecular weight excluding hydrogens is 254 g/mol. The second-order valence-electron chi connectivity index (χ2n) is 6.62. The lowest BCUT2D eigenvalue weighted by Crippen LogP contribution is -2.27. The molecule has 0 saturated heterocycles. The van der Waals surface area contributed by atoms with Gasteiger partial charge in [-0.25, -0.2) is 4.98 Å². The van der Waals surface area contributed by atoms with Crippen molar-refractivity contribution >= 4 is 16.3 Å². The maximum atomic E-state index is 4.65. The van der Waals surface area contributed by atoms with Gasteiger partial charge in [-0.2, -0.15) is 0 Å². The molecule has 1 N–H and O–H groups in total. The molecule has 0 aliphatic heterocycles. The molecule has 3 nitrogen and oxygen atoms in total. The molecule has 0 radical (unpaired) electrons. The van der Waals surface area contributed by atoms with E-state index < -0.39 is 0 Å². The molecule has 1 aliphatic rings. The monoisotopic (exact) mass is 277 g/mol. The summed E-state index contributed by atoms with van der Waals surface area (Å²) in [6.45, 7) is 9.97. The van der Waals surface area contributed by atoms with Crippen molar-refractivity contribution in [2.24, 2.45) is 5.41 Å². The van der Waals surface area contributed by atoms with Crippen molar-refractivity contribution < 1.29 is 0 Å². The summed E-state index contributed by atoms with van der Waals surface area (Å²) >= 11 is 1.73. The summed E-state index contributed by atoms with van der Waals surface area (Å²) in [5, 5.41) is 5.92. The first-order valence-corrected chi connectivity index (χ1v) is 8.00. The van der Waals surface area contributed by atoms with Gasteiger partial charge in [0.1, 0.15) is 0 Å². The molecule has 1 saturated carbocycles. The highest BCUT2D eigenvalue weighted by atomic mass is 32.1. The van der Waals surface area contributed by atoms with Crippen LogP contribution in [0, 0.1) is 19.3 Å². The Balaban J connectivity index is 1.75. The lowest BCUT2D eigenvalue weighted by atomic mass is 9.92. The first kappa shape index (κ1) is 13.1. The van der Waals surface area contributed by atoms with Crippen LogP contribution in [0.4, 0.5) is 0 Å². The van der Waals surface area contributed by atoms with Crippen LogP contribution in [0.15, 0.2) is 5.38 Å². The molecule has 1 atom stereocenters. The Morgan fingerprint density at radius 1 is 1.47 bits per heavy atom. The molecule has 2 heterocycles. The van der Waals surface area contributed by atoms with Gasteiger partial charge < -0.3 is 5.32 Å². The van der Waals surface area contributed by atoms with E-state index in [-0.39, 0.29) is 0 Å². The fourth-order valence-electron chi connectivity index (χ4n) is 3.23. The largest absolute Gasteiger partial charge is 0.308 e. The minimum Gasteiger partial charge on any atom is -0.308 e. The van der Waals surface area contributed by atoms with Gasteiger partial charge in [0.25, 0.3) is 0 Å². The van der Waals surface area contributed by atoms with E-state index in [1.807, 2.05) is 0 Å². The standard InChI is InChI=1S/C15H23N3S/c1-10-9-19-14-17-11(2)13(18(10)14)8-16-12-5-6-15(3,4)7-12/h9,12,16H,5-8H2,1-4H3. The fraction of sp³-hybridized carbons (Fsp3) is 0.667. The molecule has 1 aliphatic carbocycles. The molecule has 2 aromatic rings. The Bertz CT molecular complexity index is 594. The van der Waals surface area contributed by atoms with Gasteiger partial charge in [0.15, 0.2) is 4.96 Å². The summed E-state index contributed by atoms with van der Waals surface area (Å²) in [5.74, 6) is 0. The van der Waals surface area contributed by atoms with Crippen molar-refractivity contribution in [1.82, 2.24) is 14.7 Å². The van der Waals surface area contributed by atoms with Crippen molar-refractivity contribution in [3.05, 3.63) is 22.5 Å². The van der Waals surface area contributed by atoms with E-state index in [4.69, 9.17) is 0 Å². The summed E-state index contributed by atoms with van der Waals surface area (Å²) in [7, 11) is 0. The van der Waals surface area contributed by atoms with Crippen LogP contribution in [-0.4, -0.2) is 15.4 Å². The molecule has 1 fully saturated rings. The second-order valence-corrected chi connectivity index (χ2v) is 7.46. The average Bonchev–Trinajstić information content (AvgIpc) is 2.94. The number of nitrogens with one attached hydrogen (secondary N) is 1. The van der Waals surface area contributed by atoms with E-state index in [9.17, 15) is 0 Å². The summed E-state index contributed by atoms with van der Waals surface area (Å²) < 4.78 is 2.30. The van der Waals surface area contributed by atoms with Gasteiger partial charge in [0.2, 0.25) is 0 Å². The molecule has 0 spiro atoms. The number of imidazole rings is 1. The van der Waals surface area contributed by atoms with Crippen LogP contribution in [0.25, 0.3) is 4.96 Å². The van der Waals surface area contributed by atoms with E-state index in [2.05, 4.69) is 47.8 Å². The number of hydrogen-bond donors (Lipinski definition) is 1. The highest BCUT2D eigenvalue weighted by molar-refractivity contribution is 7.15.